The molecule has 4 aromatic carbocycles. The van der Waals surface area contributed by atoms with Gasteiger partial charge in [-0.05, 0) is 51.6 Å². The molecule has 1 nitrogen and oxygen atoms in total. The summed E-state index contributed by atoms with van der Waals surface area (Å²) in [6.07, 6.45) is 0. The smallest absolute Gasteiger partial charge is 0.0487 e. The van der Waals surface area contributed by atoms with E-state index in [0.717, 1.165) is 0 Å². The Kier molecular flexibility index (Phi) is 4.68. The highest BCUT2D eigenvalue weighted by Gasteiger charge is 2.18. The Balaban J connectivity index is 1.85. The fraction of sp³-hybridized carbons (Fsp3) is 0.185. The first kappa shape index (κ1) is 18.3. The lowest BCUT2D eigenvalue weighted by Crippen LogP contribution is -2.14. The van der Waals surface area contributed by atoms with Gasteiger partial charge in [-0.15, -0.1) is 0 Å². The number of hydrogen-bond acceptors (Lipinski definition) is 1. The van der Waals surface area contributed by atoms with Crippen molar-refractivity contribution >= 4 is 22.1 Å². The summed E-state index contributed by atoms with van der Waals surface area (Å²) in [5.74, 6) is 0. The SMILES string of the molecule is CN(c1ccc2ccccc2c1)c1ccc(C(C)(C)C)cc1-c1ccccc1. The van der Waals surface area contributed by atoms with Gasteiger partial charge in [0.2, 0.25) is 0 Å². The molecule has 28 heavy (non-hydrogen) atoms. The lowest BCUT2D eigenvalue weighted by atomic mass is 9.85. The van der Waals surface area contributed by atoms with Gasteiger partial charge in [-0.2, -0.15) is 0 Å². The topological polar surface area (TPSA) is 3.24 Å². The van der Waals surface area contributed by atoms with Gasteiger partial charge < -0.3 is 4.90 Å². The first-order chi connectivity index (χ1) is 13.4. The van der Waals surface area contributed by atoms with Crippen molar-refractivity contribution in [2.45, 2.75) is 26.2 Å². The van der Waals surface area contributed by atoms with Crippen LogP contribution in [0.5, 0.6) is 0 Å². The number of anilines is 2. The van der Waals surface area contributed by atoms with Crippen LogP contribution in [0, 0.1) is 0 Å². The molecule has 0 aromatic heterocycles. The van der Waals surface area contributed by atoms with E-state index >= 15 is 0 Å². The summed E-state index contributed by atoms with van der Waals surface area (Å²) in [7, 11) is 2.16. The average Bonchev–Trinajstić information content (AvgIpc) is 2.72. The van der Waals surface area contributed by atoms with E-state index in [1.165, 1.54) is 38.8 Å². The van der Waals surface area contributed by atoms with Crippen LogP contribution in [-0.2, 0) is 5.41 Å². The minimum atomic E-state index is 0.115. The molecule has 0 fully saturated rings. The van der Waals surface area contributed by atoms with Crippen LogP contribution < -0.4 is 4.90 Å². The molecule has 0 bridgehead atoms. The Labute approximate surface area is 168 Å². The largest absolute Gasteiger partial charge is 0.344 e. The molecule has 4 rings (SSSR count). The summed E-state index contributed by atoms with van der Waals surface area (Å²) in [6, 6.07) is 32.7. The minimum Gasteiger partial charge on any atom is -0.344 e. The van der Waals surface area contributed by atoms with E-state index in [4.69, 9.17) is 0 Å². The molecular formula is C27H27N. The maximum absolute atomic E-state index is 2.35. The van der Waals surface area contributed by atoms with Crippen LogP contribution in [0.1, 0.15) is 26.3 Å². The zero-order chi connectivity index (χ0) is 19.7. The predicted octanol–water partition coefficient (Wildman–Crippen LogP) is 7.57. The van der Waals surface area contributed by atoms with E-state index in [0.29, 0.717) is 0 Å². The third kappa shape index (κ3) is 3.53. The van der Waals surface area contributed by atoms with Gasteiger partial charge in [0.25, 0.3) is 0 Å². The number of benzene rings is 4. The van der Waals surface area contributed by atoms with Gasteiger partial charge in [0.1, 0.15) is 0 Å². The molecule has 0 saturated carbocycles. The van der Waals surface area contributed by atoms with Crippen molar-refractivity contribution < 1.29 is 0 Å². The van der Waals surface area contributed by atoms with Crippen molar-refractivity contribution in [2.24, 2.45) is 0 Å². The van der Waals surface area contributed by atoms with Gasteiger partial charge in [0.05, 0.1) is 0 Å². The van der Waals surface area contributed by atoms with Crippen molar-refractivity contribution in [1.82, 2.24) is 0 Å². The zero-order valence-corrected chi connectivity index (χ0v) is 17.1. The molecule has 0 N–H and O–H groups in total. The molecule has 0 unspecified atom stereocenters. The molecule has 4 aromatic rings. The summed E-state index contributed by atoms with van der Waals surface area (Å²) in [5.41, 5.74) is 6.39. The molecule has 0 aliphatic rings. The van der Waals surface area contributed by atoms with E-state index < -0.39 is 0 Å². The summed E-state index contributed by atoms with van der Waals surface area (Å²) in [5, 5.41) is 2.53. The third-order valence-corrected chi connectivity index (χ3v) is 5.43. The summed E-state index contributed by atoms with van der Waals surface area (Å²) >= 11 is 0. The van der Waals surface area contributed by atoms with E-state index in [2.05, 4.69) is 124 Å². The van der Waals surface area contributed by atoms with Crippen LogP contribution in [0.2, 0.25) is 0 Å². The average molecular weight is 366 g/mol. The molecule has 0 heterocycles. The van der Waals surface area contributed by atoms with Crippen molar-refractivity contribution in [3.63, 3.8) is 0 Å². The maximum Gasteiger partial charge on any atom is 0.0487 e. The standard InChI is InChI=1S/C27H27N/c1-27(2,3)23-15-17-26(25(19-23)21-11-6-5-7-12-21)28(4)24-16-14-20-10-8-9-13-22(20)18-24/h5-19H,1-4H3. The van der Waals surface area contributed by atoms with E-state index in [1.807, 2.05) is 0 Å². The lowest BCUT2D eigenvalue weighted by Gasteiger charge is -2.26. The van der Waals surface area contributed by atoms with Crippen LogP contribution >= 0.6 is 0 Å². The fourth-order valence-corrected chi connectivity index (χ4v) is 3.67. The molecular weight excluding hydrogens is 338 g/mol. The Hall–Kier alpha value is -3.06. The lowest BCUT2D eigenvalue weighted by molar-refractivity contribution is 0.590. The molecule has 0 aliphatic heterocycles. The highest BCUT2D eigenvalue weighted by atomic mass is 15.1. The Bertz CT molecular complexity index is 1100. The normalized spacial score (nSPS) is 11.6. The van der Waals surface area contributed by atoms with Gasteiger partial charge in [0.15, 0.2) is 0 Å². The molecule has 0 amide bonds. The first-order valence-electron chi connectivity index (χ1n) is 9.86. The molecule has 0 aliphatic carbocycles. The molecule has 0 saturated heterocycles. The third-order valence-electron chi connectivity index (χ3n) is 5.43. The number of hydrogen-bond donors (Lipinski definition) is 0. The highest BCUT2D eigenvalue weighted by molar-refractivity contribution is 5.89. The molecule has 0 atom stereocenters. The van der Waals surface area contributed by atoms with Crippen molar-refractivity contribution in [1.29, 1.82) is 0 Å². The van der Waals surface area contributed by atoms with Gasteiger partial charge in [-0.3, -0.25) is 0 Å². The number of nitrogens with zero attached hydrogens (tertiary/aromatic N) is 1. The Morgan fingerprint density at radius 3 is 2.04 bits per heavy atom. The Morgan fingerprint density at radius 1 is 0.643 bits per heavy atom. The van der Waals surface area contributed by atoms with Crippen LogP contribution in [0.4, 0.5) is 11.4 Å². The van der Waals surface area contributed by atoms with Gasteiger partial charge in [-0.25, -0.2) is 0 Å². The first-order valence-corrected chi connectivity index (χ1v) is 9.86. The molecule has 1 heteroatoms. The maximum atomic E-state index is 2.35. The van der Waals surface area contributed by atoms with Gasteiger partial charge in [0, 0.05) is 24.0 Å². The monoisotopic (exact) mass is 365 g/mol. The number of rotatable bonds is 3. The summed E-state index contributed by atoms with van der Waals surface area (Å²) in [4.78, 5) is 2.29. The Morgan fingerprint density at radius 2 is 1.32 bits per heavy atom. The molecule has 140 valence electrons. The quantitative estimate of drug-likeness (QED) is 0.362. The zero-order valence-electron chi connectivity index (χ0n) is 17.1. The molecule has 0 spiro atoms. The van der Waals surface area contributed by atoms with Crippen molar-refractivity contribution in [3.8, 4) is 11.1 Å². The van der Waals surface area contributed by atoms with Crippen LogP contribution in [0.25, 0.3) is 21.9 Å². The van der Waals surface area contributed by atoms with E-state index in [-0.39, 0.29) is 5.41 Å². The second-order valence-electron chi connectivity index (χ2n) is 8.44. The van der Waals surface area contributed by atoms with Crippen LogP contribution in [0.15, 0.2) is 91.0 Å². The van der Waals surface area contributed by atoms with E-state index in [9.17, 15) is 0 Å². The second kappa shape index (κ2) is 7.16. The molecule has 0 radical (unpaired) electrons. The summed E-state index contributed by atoms with van der Waals surface area (Å²) < 4.78 is 0. The predicted molar refractivity (Wildman–Crippen MR) is 123 cm³/mol. The van der Waals surface area contributed by atoms with Crippen LogP contribution in [-0.4, -0.2) is 7.05 Å². The highest BCUT2D eigenvalue weighted by Crippen LogP contribution is 2.38. The minimum absolute atomic E-state index is 0.115. The second-order valence-corrected chi connectivity index (χ2v) is 8.44. The van der Waals surface area contributed by atoms with Gasteiger partial charge >= 0.3 is 0 Å². The van der Waals surface area contributed by atoms with Crippen molar-refractivity contribution in [2.75, 3.05) is 11.9 Å². The van der Waals surface area contributed by atoms with E-state index in [1.54, 1.807) is 0 Å². The fourth-order valence-electron chi connectivity index (χ4n) is 3.67. The number of fused-ring (bicyclic) bond motifs is 1. The summed E-state index contributed by atoms with van der Waals surface area (Å²) in [6.45, 7) is 6.80. The van der Waals surface area contributed by atoms with Gasteiger partial charge in [-0.1, -0.05) is 87.5 Å². The van der Waals surface area contributed by atoms with Crippen molar-refractivity contribution in [3.05, 3.63) is 96.6 Å². The van der Waals surface area contributed by atoms with Crippen LogP contribution in [0.3, 0.4) is 0 Å².